The normalized spacial score (nSPS) is 15.3. The van der Waals surface area contributed by atoms with E-state index in [1.165, 1.54) is 0 Å². The Labute approximate surface area is 101 Å². The summed E-state index contributed by atoms with van der Waals surface area (Å²) in [7, 11) is 0. The Morgan fingerprint density at radius 2 is 1.88 bits per heavy atom. The van der Waals surface area contributed by atoms with Crippen molar-refractivity contribution in [3.8, 4) is 0 Å². The van der Waals surface area contributed by atoms with E-state index in [1.54, 1.807) is 45.3 Å². The number of hydrogen-bond acceptors (Lipinski definition) is 4. The van der Waals surface area contributed by atoms with E-state index in [4.69, 9.17) is 0 Å². The average Bonchev–Trinajstić information content (AvgIpc) is 2.29. The fraction of sp³-hybridized carbons (Fsp3) is 0.500. The molecule has 5 heteroatoms. The summed E-state index contributed by atoms with van der Waals surface area (Å²) < 4.78 is 0. The van der Waals surface area contributed by atoms with E-state index in [0.29, 0.717) is 5.56 Å². The number of carboxylic acid groups (broad SMARTS) is 1. The van der Waals surface area contributed by atoms with Crippen molar-refractivity contribution in [2.24, 2.45) is 0 Å². The average molecular weight is 238 g/mol. The largest absolute Gasteiger partial charge is 0.480 e. The summed E-state index contributed by atoms with van der Waals surface area (Å²) in [6, 6.07) is 3.29. The van der Waals surface area contributed by atoms with Crippen LogP contribution < -0.4 is 5.32 Å². The second kappa shape index (κ2) is 4.81. The third kappa shape index (κ3) is 3.01. The molecule has 3 N–H and O–H groups in total. The molecule has 0 fully saturated rings. The lowest BCUT2D eigenvalue weighted by Crippen LogP contribution is -2.57. The Hall–Kier alpha value is -1.46. The SMILES string of the molecule is CC(C)(CO)NC(C)(C(=O)O)c1ccncc1. The van der Waals surface area contributed by atoms with Crippen LogP contribution in [-0.2, 0) is 10.3 Å². The van der Waals surface area contributed by atoms with Gasteiger partial charge in [-0.3, -0.25) is 10.3 Å². The first-order chi connectivity index (χ1) is 7.82. The summed E-state index contributed by atoms with van der Waals surface area (Å²) in [5.41, 5.74) is -1.34. The summed E-state index contributed by atoms with van der Waals surface area (Å²) in [6.45, 7) is 4.91. The van der Waals surface area contributed by atoms with Gasteiger partial charge >= 0.3 is 5.97 Å². The number of carboxylic acids is 1. The number of aromatic nitrogens is 1. The highest BCUT2D eigenvalue weighted by molar-refractivity contribution is 5.80. The number of nitrogens with zero attached hydrogens (tertiary/aromatic N) is 1. The van der Waals surface area contributed by atoms with Crippen LogP contribution >= 0.6 is 0 Å². The first kappa shape index (κ1) is 13.6. The van der Waals surface area contributed by atoms with Gasteiger partial charge in [0.25, 0.3) is 0 Å². The van der Waals surface area contributed by atoms with Gasteiger partial charge in [-0.1, -0.05) is 0 Å². The van der Waals surface area contributed by atoms with Crippen LogP contribution in [0.2, 0.25) is 0 Å². The third-order valence-electron chi connectivity index (χ3n) is 2.67. The van der Waals surface area contributed by atoms with E-state index in [-0.39, 0.29) is 6.61 Å². The van der Waals surface area contributed by atoms with Crippen LogP contribution in [0, 0.1) is 0 Å². The molecule has 0 saturated carbocycles. The van der Waals surface area contributed by atoms with Gasteiger partial charge in [0, 0.05) is 17.9 Å². The zero-order valence-electron chi connectivity index (χ0n) is 10.3. The first-order valence-corrected chi connectivity index (χ1v) is 5.36. The quantitative estimate of drug-likeness (QED) is 0.705. The third-order valence-corrected chi connectivity index (χ3v) is 2.67. The molecule has 0 bridgehead atoms. The molecule has 0 saturated heterocycles. The molecule has 1 rings (SSSR count). The van der Waals surface area contributed by atoms with Crippen LogP contribution in [0.15, 0.2) is 24.5 Å². The highest BCUT2D eigenvalue weighted by atomic mass is 16.4. The van der Waals surface area contributed by atoms with Gasteiger partial charge in [0.1, 0.15) is 5.54 Å². The van der Waals surface area contributed by atoms with Gasteiger partial charge in [0.05, 0.1) is 6.61 Å². The van der Waals surface area contributed by atoms with Crippen molar-refractivity contribution >= 4 is 5.97 Å². The summed E-state index contributed by atoms with van der Waals surface area (Å²) in [4.78, 5) is 15.3. The van der Waals surface area contributed by atoms with E-state index < -0.39 is 17.0 Å². The predicted octanol–water partition coefficient (Wildman–Crippen LogP) is 0.742. The number of rotatable bonds is 5. The molecule has 1 unspecified atom stereocenters. The summed E-state index contributed by atoms with van der Waals surface area (Å²) in [6.07, 6.45) is 3.09. The van der Waals surface area contributed by atoms with Gasteiger partial charge < -0.3 is 10.2 Å². The van der Waals surface area contributed by atoms with Gasteiger partial charge in [-0.15, -0.1) is 0 Å². The highest BCUT2D eigenvalue weighted by Gasteiger charge is 2.39. The van der Waals surface area contributed by atoms with Crippen LogP contribution in [-0.4, -0.2) is 33.3 Å². The number of aliphatic hydroxyl groups is 1. The molecular weight excluding hydrogens is 220 g/mol. The van der Waals surface area contributed by atoms with Crippen LogP contribution in [0.25, 0.3) is 0 Å². The van der Waals surface area contributed by atoms with Crippen molar-refractivity contribution in [2.45, 2.75) is 31.8 Å². The Morgan fingerprint density at radius 3 is 2.29 bits per heavy atom. The van der Waals surface area contributed by atoms with Crippen molar-refractivity contribution < 1.29 is 15.0 Å². The number of pyridine rings is 1. The molecule has 0 radical (unpaired) electrons. The van der Waals surface area contributed by atoms with Gasteiger partial charge in [-0.25, -0.2) is 4.79 Å². The van der Waals surface area contributed by atoms with Crippen molar-refractivity contribution in [1.29, 1.82) is 0 Å². The molecule has 0 aromatic carbocycles. The minimum atomic E-state index is -1.25. The zero-order chi connectivity index (χ0) is 13.1. The van der Waals surface area contributed by atoms with E-state index in [0.717, 1.165) is 0 Å². The smallest absolute Gasteiger partial charge is 0.328 e. The first-order valence-electron chi connectivity index (χ1n) is 5.36. The molecule has 0 spiro atoms. The van der Waals surface area contributed by atoms with Gasteiger partial charge in [0.15, 0.2) is 0 Å². The van der Waals surface area contributed by atoms with Crippen molar-refractivity contribution in [3.63, 3.8) is 0 Å². The lowest BCUT2D eigenvalue weighted by molar-refractivity contribution is -0.145. The predicted molar refractivity (Wildman–Crippen MR) is 63.5 cm³/mol. The molecule has 5 nitrogen and oxygen atoms in total. The number of nitrogens with one attached hydrogen (secondary N) is 1. The number of aliphatic carboxylic acids is 1. The van der Waals surface area contributed by atoms with E-state index in [9.17, 15) is 15.0 Å². The van der Waals surface area contributed by atoms with Crippen LogP contribution in [0.1, 0.15) is 26.3 Å². The molecule has 0 amide bonds. The Bertz CT molecular complexity index is 392. The van der Waals surface area contributed by atoms with Crippen molar-refractivity contribution in [1.82, 2.24) is 10.3 Å². The van der Waals surface area contributed by atoms with Gasteiger partial charge in [0.2, 0.25) is 0 Å². The molecule has 1 atom stereocenters. The monoisotopic (exact) mass is 238 g/mol. The summed E-state index contributed by atoms with van der Waals surface area (Å²) in [5, 5.41) is 21.6. The molecule has 1 aromatic rings. The minimum Gasteiger partial charge on any atom is -0.480 e. The maximum Gasteiger partial charge on any atom is 0.328 e. The molecule has 0 aliphatic heterocycles. The van der Waals surface area contributed by atoms with E-state index >= 15 is 0 Å². The van der Waals surface area contributed by atoms with Crippen molar-refractivity contribution in [2.75, 3.05) is 6.61 Å². The standard InChI is InChI=1S/C12H18N2O3/c1-11(2,8-15)14-12(3,10(16)17)9-4-6-13-7-5-9/h4-7,14-15H,8H2,1-3H3,(H,16,17). The minimum absolute atomic E-state index is 0.152. The van der Waals surface area contributed by atoms with Gasteiger partial charge in [-0.2, -0.15) is 0 Å². The highest BCUT2D eigenvalue weighted by Crippen LogP contribution is 2.23. The Balaban J connectivity index is 3.12. The maximum absolute atomic E-state index is 11.5. The summed E-state index contributed by atoms with van der Waals surface area (Å²) in [5.74, 6) is -0.995. The van der Waals surface area contributed by atoms with E-state index in [2.05, 4.69) is 10.3 Å². The molecule has 1 heterocycles. The van der Waals surface area contributed by atoms with Gasteiger partial charge in [-0.05, 0) is 38.5 Å². The Kier molecular flexibility index (Phi) is 3.85. The van der Waals surface area contributed by atoms with Crippen LogP contribution in [0.4, 0.5) is 0 Å². The number of carbonyl (C=O) groups is 1. The van der Waals surface area contributed by atoms with E-state index in [1.807, 2.05) is 0 Å². The molecule has 0 aliphatic carbocycles. The Morgan fingerprint density at radius 1 is 1.35 bits per heavy atom. The number of hydrogen-bond donors (Lipinski definition) is 3. The lowest BCUT2D eigenvalue weighted by Gasteiger charge is -2.35. The number of aliphatic hydroxyl groups excluding tert-OH is 1. The molecule has 17 heavy (non-hydrogen) atoms. The molecule has 1 aromatic heterocycles. The maximum atomic E-state index is 11.5. The van der Waals surface area contributed by atoms with Crippen molar-refractivity contribution in [3.05, 3.63) is 30.1 Å². The topological polar surface area (TPSA) is 82.5 Å². The zero-order valence-corrected chi connectivity index (χ0v) is 10.3. The second-order valence-corrected chi connectivity index (χ2v) is 4.83. The fourth-order valence-corrected chi connectivity index (χ4v) is 1.65. The summed E-state index contributed by atoms with van der Waals surface area (Å²) >= 11 is 0. The van der Waals surface area contributed by atoms with Crippen LogP contribution in [0.5, 0.6) is 0 Å². The molecular formula is C12H18N2O3. The van der Waals surface area contributed by atoms with Crippen LogP contribution in [0.3, 0.4) is 0 Å². The fourth-order valence-electron chi connectivity index (χ4n) is 1.65. The molecule has 0 aliphatic rings. The second-order valence-electron chi connectivity index (χ2n) is 4.83. The molecule has 94 valence electrons. The lowest BCUT2D eigenvalue weighted by atomic mass is 9.89.